The van der Waals surface area contributed by atoms with Crippen LogP contribution in [0, 0.1) is 6.92 Å². The van der Waals surface area contributed by atoms with E-state index in [1.165, 1.54) is 0 Å². The first-order valence-corrected chi connectivity index (χ1v) is 12.8. The van der Waals surface area contributed by atoms with Gasteiger partial charge in [0.15, 0.2) is 0 Å². The van der Waals surface area contributed by atoms with Gasteiger partial charge in [0.25, 0.3) is 5.91 Å². The molecule has 1 atom stereocenters. The molecular weight excluding hydrogens is 466 g/mol. The Morgan fingerprint density at radius 1 is 1.26 bits per heavy atom. The molecule has 1 amide bonds. The van der Waals surface area contributed by atoms with Crippen LogP contribution in [0.4, 0.5) is 0 Å². The topological polar surface area (TPSA) is 83.8 Å². The molecule has 3 aromatic rings. The third-order valence-electron chi connectivity index (χ3n) is 6.07. The summed E-state index contributed by atoms with van der Waals surface area (Å²) in [6, 6.07) is 9.43. The van der Waals surface area contributed by atoms with Gasteiger partial charge in [-0.2, -0.15) is 0 Å². The van der Waals surface area contributed by atoms with Crippen molar-refractivity contribution in [3.8, 4) is 22.9 Å². The molecule has 0 radical (unpaired) electrons. The summed E-state index contributed by atoms with van der Waals surface area (Å²) in [6.07, 6.45) is 3.01. The fourth-order valence-corrected chi connectivity index (χ4v) is 4.84. The lowest BCUT2D eigenvalue weighted by Crippen LogP contribution is -2.26. The van der Waals surface area contributed by atoms with Crippen LogP contribution in [0.2, 0.25) is 0 Å². The van der Waals surface area contributed by atoms with Crippen LogP contribution in [0.15, 0.2) is 35.7 Å². The van der Waals surface area contributed by atoms with Gasteiger partial charge in [-0.15, -0.1) is 11.3 Å². The Kier molecular flexibility index (Phi) is 8.79. The molecule has 3 heterocycles. The number of ether oxygens (including phenoxy) is 4. The second-order valence-corrected chi connectivity index (χ2v) is 9.41. The van der Waals surface area contributed by atoms with Crippen LogP contribution in [0.25, 0.3) is 11.4 Å². The summed E-state index contributed by atoms with van der Waals surface area (Å²) in [4.78, 5) is 17.8. The number of hydrogen-bond acceptors (Lipinski definition) is 7. The van der Waals surface area contributed by atoms with Crippen molar-refractivity contribution >= 4 is 17.2 Å². The molecule has 0 spiro atoms. The van der Waals surface area contributed by atoms with Crippen molar-refractivity contribution in [1.29, 1.82) is 0 Å². The van der Waals surface area contributed by atoms with Crippen molar-refractivity contribution < 1.29 is 23.7 Å². The van der Waals surface area contributed by atoms with E-state index in [0.717, 1.165) is 59.5 Å². The predicted octanol–water partition coefficient (Wildman–Crippen LogP) is 4.45. The molecule has 188 valence electrons. The van der Waals surface area contributed by atoms with Crippen LogP contribution in [0.3, 0.4) is 0 Å². The van der Waals surface area contributed by atoms with Crippen molar-refractivity contribution in [2.45, 2.75) is 45.4 Å². The second-order valence-electron chi connectivity index (χ2n) is 8.47. The Morgan fingerprint density at radius 3 is 2.77 bits per heavy atom. The number of nitrogens with one attached hydrogen (secondary N) is 1. The first-order valence-electron chi connectivity index (χ1n) is 11.9. The zero-order valence-electron chi connectivity index (χ0n) is 20.5. The fraction of sp³-hybridized carbons (Fsp3) is 0.462. The lowest BCUT2D eigenvalue weighted by molar-refractivity contribution is 0.0937. The van der Waals surface area contributed by atoms with Gasteiger partial charge in [-0.1, -0.05) is 0 Å². The Bertz CT molecular complexity index is 1100. The number of rotatable bonds is 12. The zero-order chi connectivity index (χ0) is 24.6. The number of amides is 1. The van der Waals surface area contributed by atoms with Crippen LogP contribution < -0.4 is 14.8 Å². The maximum absolute atomic E-state index is 12.9. The SMILES string of the molecule is COCCCNC(=O)c1cc(-c2csc(COc3ccc(OC)cc3)n2)n(CC2CCCO2)c1C. The molecule has 9 heteroatoms. The maximum atomic E-state index is 12.9. The fourth-order valence-electron chi connectivity index (χ4n) is 4.14. The standard InChI is InChI=1S/C26H33N3O5S/c1-18-22(26(30)27-11-5-12-31-2)14-24(29(18)15-21-6-4-13-33-21)23-17-35-25(28-23)16-34-20-9-7-19(32-3)8-10-20/h7-10,14,17,21H,4-6,11-13,15-16H2,1-3H3,(H,27,30). The minimum absolute atomic E-state index is 0.0794. The van der Waals surface area contributed by atoms with Gasteiger partial charge in [0.2, 0.25) is 0 Å². The molecule has 8 nitrogen and oxygen atoms in total. The van der Waals surface area contributed by atoms with Gasteiger partial charge in [0.1, 0.15) is 23.1 Å². The van der Waals surface area contributed by atoms with E-state index < -0.39 is 0 Å². The quantitative estimate of drug-likeness (QED) is 0.371. The molecule has 1 fully saturated rings. The van der Waals surface area contributed by atoms with Gasteiger partial charge in [-0.3, -0.25) is 4.79 Å². The van der Waals surface area contributed by atoms with Crippen molar-refractivity contribution in [2.24, 2.45) is 0 Å². The highest BCUT2D eigenvalue weighted by molar-refractivity contribution is 7.09. The van der Waals surface area contributed by atoms with Crippen LogP contribution in [0.1, 0.15) is 40.3 Å². The van der Waals surface area contributed by atoms with E-state index in [4.69, 9.17) is 23.9 Å². The van der Waals surface area contributed by atoms with Gasteiger partial charge in [-0.05, 0) is 56.5 Å². The van der Waals surface area contributed by atoms with Gasteiger partial charge < -0.3 is 28.8 Å². The highest BCUT2D eigenvalue weighted by atomic mass is 32.1. The number of benzene rings is 1. The molecule has 0 bridgehead atoms. The van der Waals surface area contributed by atoms with Crippen molar-refractivity contribution in [3.05, 3.63) is 52.0 Å². The molecule has 1 aliphatic rings. The summed E-state index contributed by atoms with van der Waals surface area (Å²) in [5, 5.41) is 5.89. The zero-order valence-corrected chi connectivity index (χ0v) is 21.4. The first-order chi connectivity index (χ1) is 17.1. The third-order valence-corrected chi connectivity index (χ3v) is 6.89. The average molecular weight is 500 g/mol. The highest BCUT2D eigenvalue weighted by Gasteiger charge is 2.24. The van der Waals surface area contributed by atoms with Gasteiger partial charge in [0.05, 0.1) is 30.2 Å². The average Bonchev–Trinajstić information content (AvgIpc) is 3.63. The molecule has 0 saturated carbocycles. The third kappa shape index (κ3) is 6.42. The lowest BCUT2D eigenvalue weighted by atomic mass is 10.2. The number of nitrogens with zero attached hydrogens (tertiary/aromatic N) is 2. The first kappa shape index (κ1) is 25.2. The highest BCUT2D eigenvalue weighted by Crippen LogP contribution is 2.30. The van der Waals surface area contributed by atoms with Crippen LogP contribution >= 0.6 is 11.3 Å². The van der Waals surface area contributed by atoms with Crippen LogP contribution in [-0.2, 0) is 22.6 Å². The number of aromatic nitrogens is 2. The lowest BCUT2D eigenvalue weighted by Gasteiger charge is -2.15. The molecule has 2 aromatic heterocycles. The molecule has 35 heavy (non-hydrogen) atoms. The Hall–Kier alpha value is -2.88. The smallest absolute Gasteiger partial charge is 0.253 e. The summed E-state index contributed by atoms with van der Waals surface area (Å²) in [5.41, 5.74) is 3.35. The number of carbonyl (C=O) groups is 1. The minimum Gasteiger partial charge on any atom is -0.497 e. The molecule has 4 rings (SSSR count). The monoisotopic (exact) mass is 499 g/mol. The second kappa shape index (κ2) is 12.2. The van der Waals surface area contributed by atoms with Crippen LogP contribution in [0.5, 0.6) is 11.5 Å². The largest absolute Gasteiger partial charge is 0.497 e. The molecule has 1 aliphatic heterocycles. The number of methoxy groups -OCH3 is 2. The summed E-state index contributed by atoms with van der Waals surface area (Å²) in [6.45, 7) is 5.04. The molecule has 1 saturated heterocycles. The van der Waals surface area contributed by atoms with E-state index in [-0.39, 0.29) is 12.0 Å². The normalized spacial score (nSPS) is 15.3. The van der Waals surface area contributed by atoms with E-state index >= 15 is 0 Å². The van der Waals surface area contributed by atoms with E-state index in [0.29, 0.717) is 31.9 Å². The Labute approximate surface area is 210 Å². The van der Waals surface area contributed by atoms with E-state index in [1.807, 2.05) is 42.6 Å². The summed E-state index contributed by atoms with van der Waals surface area (Å²) >= 11 is 1.55. The van der Waals surface area contributed by atoms with Gasteiger partial charge in [-0.25, -0.2) is 4.98 Å². The molecule has 0 aliphatic carbocycles. The summed E-state index contributed by atoms with van der Waals surface area (Å²) in [7, 11) is 3.30. The van der Waals surface area contributed by atoms with Gasteiger partial charge >= 0.3 is 0 Å². The molecular formula is C26H33N3O5S. The Morgan fingerprint density at radius 2 is 2.06 bits per heavy atom. The molecule has 1 aromatic carbocycles. The van der Waals surface area contributed by atoms with Crippen LogP contribution in [-0.4, -0.2) is 55.5 Å². The number of carbonyl (C=O) groups excluding carboxylic acids is 1. The van der Waals surface area contributed by atoms with Gasteiger partial charge in [0, 0.05) is 44.5 Å². The van der Waals surface area contributed by atoms with Crippen molar-refractivity contribution in [2.75, 3.05) is 34.0 Å². The van der Waals surface area contributed by atoms with E-state index in [9.17, 15) is 4.79 Å². The molecule has 1 unspecified atom stereocenters. The van der Waals surface area contributed by atoms with E-state index in [2.05, 4.69) is 9.88 Å². The van der Waals surface area contributed by atoms with E-state index in [1.54, 1.807) is 25.6 Å². The van der Waals surface area contributed by atoms with Crippen molar-refractivity contribution in [1.82, 2.24) is 14.9 Å². The predicted molar refractivity (Wildman–Crippen MR) is 135 cm³/mol. The molecule has 1 N–H and O–H groups in total. The summed E-state index contributed by atoms with van der Waals surface area (Å²) < 4.78 is 24.2. The Balaban J connectivity index is 1.51. The minimum atomic E-state index is -0.0794. The number of thiazole rings is 1. The summed E-state index contributed by atoms with van der Waals surface area (Å²) in [5.74, 6) is 1.46. The van der Waals surface area contributed by atoms with Crippen molar-refractivity contribution in [3.63, 3.8) is 0 Å². The number of hydrogen-bond donors (Lipinski definition) is 1. The maximum Gasteiger partial charge on any atom is 0.253 e.